The maximum Gasteiger partial charge on any atom is 0.0623 e. The van der Waals surface area contributed by atoms with E-state index in [0.29, 0.717) is 12.1 Å². The average molecular weight is 199 g/mol. The van der Waals surface area contributed by atoms with Gasteiger partial charge in [-0.05, 0) is 26.3 Å². The number of nitrogens with one attached hydrogen (secondary N) is 1. The van der Waals surface area contributed by atoms with E-state index in [-0.39, 0.29) is 0 Å². The molecule has 0 aromatic carbocycles. The fraction of sp³-hybridized carbons (Fsp3) is 1.00. The lowest BCUT2D eigenvalue weighted by Crippen LogP contribution is -2.32. The van der Waals surface area contributed by atoms with Gasteiger partial charge in [-0.1, -0.05) is 32.6 Å². The molecule has 1 aliphatic rings. The predicted molar refractivity (Wildman–Crippen MR) is 60.6 cm³/mol. The molecular weight excluding hydrogens is 174 g/mol. The Labute approximate surface area is 88.4 Å². The maximum absolute atomic E-state index is 5.93. The fourth-order valence-corrected chi connectivity index (χ4v) is 2.14. The van der Waals surface area contributed by atoms with E-state index in [9.17, 15) is 0 Å². The molecule has 0 aliphatic heterocycles. The third-order valence-electron chi connectivity index (χ3n) is 3.13. The Kier molecular flexibility index (Phi) is 6.20. The summed E-state index contributed by atoms with van der Waals surface area (Å²) in [6, 6.07) is 0.557. The summed E-state index contributed by atoms with van der Waals surface area (Å²) in [5.41, 5.74) is 0. The number of ether oxygens (including phenoxy) is 1. The summed E-state index contributed by atoms with van der Waals surface area (Å²) >= 11 is 0. The van der Waals surface area contributed by atoms with Crippen LogP contribution in [0.5, 0.6) is 0 Å². The van der Waals surface area contributed by atoms with Crippen LogP contribution in [0.4, 0.5) is 0 Å². The molecule has 0 aromatic heterocycles. The summed E-state index contributed by atoms with van der Waals surface area (Å²) in [7, 11) is 2.03. The normalized spacial score (nSPS) is 21.0. The number of hydrogen-bond acceptors (Lipinski definition) is 2. The number of likely N-dealkylation sites (N-methyl/N-ethyl adjacent to an activating group) is 1. The van der Waals surface area contributed by atoms with Crippen molar-refractivity contribution in [2.24, 2.45) is 0 Å². The van der Waals surface area contributed by atoms with Crippen LogP contribution in [0.2, 0.25) is 0 Å². The van der Waals surface area contributed by atoms with E-state index in [4.69, 9.17) is 4.74 Å². The van der Waals surface area contributed by atoms with Crippen LogP contribution in [0.25, 0.3) is 0 Å². The van der Waals surface area contributed by atoms with Crippen molar-refractivity contribution >= 4 is 0 Å². The van der Waals surface area contributed by atoms with Crippen LogP contribution in [-0.4, -0.2) is 25.8 Å². The van der Waals surface area contributed by atoms with Gasteiger partial charge < -0.3 is 10.1 Å². The maximum atomic E-state index is 5.93. The van der Waals surface area contributed by atoms with Gasteiger partial charge >= 0.3 is 0 Å². The molecule has 1 unspecified atom stereocenters. The van der Waals surface area contributed by atoms with Gasteiger partial charge in [0.2, 0.25) is 0 Å². The van der Waals surface area contributed by atoms with Crippen molar-refractivity contribution in [3.63, 3.8) is 0 Å². The van der Waals surface area contributed by atoms with Gasteiger partial charge in [-0.15, -0.1) is 0 Å². The molecule has 0 saturated heterocycles. The molecule has 0 spiro atoms. The molecule has 0 amide bonds. The molecule has 1 fully saturated rings. The van der Waals surface area contributed by atoms with E-state index in [0.717, 1.165) is 6.61 Å². The second-order valence-corrected chi connectivity index (χ2v) is 4.37. The molecule has 0 bridgehead atoms. The topological polar surface area (TPSA) is 21.3 Å². The van der Waals surface area contributed by atoms with E-state index in [2.05, 4.69) is 12.2 Å². The number of hydrogen-bond donors (Lipinski definition) is 1. The number of rotatable bonds is 6. The van der Waals surface area contributed by atoms with Crippen molar-refractivity contribution < 1.29 is 4.74 Å². The molecule has 2 nitrogen and oxygen atoms in total. The van der Waals surface area contributed by atoms with Crippen LogP contribution < -0.4 is 5.32 Å². The van der Waals surface area contributed by atoms with Gasteiger partial charge in [-0.3, -0.25) is 0 Å². The zero-order chi connectivity index (χ0) is 10.2. The molecule has 1 aliphatic carbocycles. The summed E-state index contributed by atoms with van der Waals surface area (Å²) in [6.45, 7) is 3.12. The van der Waals surface area contributed by atoms with Gasteiger partial charge in [-0.25, -0.2) is 0 Å². The summed E-state index contributed by atoms with van der Waals surface area (Å²) in [6.07, 6.45) is 9.71. The fourth-order valence-electron chi connectivity index (χ4n) is 2.14. The molecule has 0 radical (unpaired) electrons. The van der Waals surface area contributed by atoms with Gasteiger partial charge in [0.25, 0.3) is 0 Å². The van der Waals surface area contributed by atoms with Gasteiger partial charge in [0.05, 0.1) is 12.7 Å². The van der Waals surface area contributed by atoms with Crippen LogP contribution in [0.3, 0.4) is 0 Å². The van der Waals surface area contributed by atoms with Gasteiger partial charge in [-0.2, -0.15) is 0 Å². The van der Waals surface area contributed by atoms with Crippen molar-refractivity contribution in [1.29, 1.82) is 0 Å². The second-order valence-electron chi connectivity index (χ2n) is 4.37. The van der Waals surface area contributed by atoms with Crippen LogP contribution in [0.1, 0.15) is 51.9 Å². The first-order valence-corrected chi connectivity index (χ1v) is 6.15. The zero-order valence-electron chi connectivity index (χ0n) is 9.72. The van der Waals surface area contributed by atoms with E-state index in [1.54, 1.807) is 0 Å². The summed E-state index contributed by atoms with van der Waals surface area (Å²) in [5, 5.41) is 3.32. The third-order valence-corrected chi connectivity index (χ3v) is 3.13. The monoisotopic (exact) mass is 199 g/mol. The largest absolute Gasteiger partial charge is 0.377 e. The predicted octanol–water partition coefficient (Wildman–Crippen LogP) is 2.72. The smallest absolute Gasteiger partial charge is 0.0623 e. The molecule has 14 heavy (non-hydrogen) atoms. The van der Waals surface area contributed by atoms with Gasteiger partial charge in [0.1, 0.15) is 0 Å². The molecule has 0 aromatic rings. The van der Waals surface area contributed by atoms with Crippen molar-refractivity contribution in [3.05, 3.63) is 0 Å². The standard InChI is InChI=1S/C12H25NO/c1-3-7-11(13-2)10-14-12-8-5-4-6-9-12/h11-13H,3-10H2,1-2H3. The second kappa shape index (κ2) is 7.24. The molecule has 1 N–H and O–H groups in total. The Hall–Kier alpha value is -0.0800. The Balaban J connectivity index is 2.10. The molecule has 2 heteroatoms. The molecule has 84 valence electrons. The van der Waals surface area contributed by atoms with Crippen LogP contribution in [0.15, 0.2) is 0 Å². The average Bonchev–Trinajstić information content (AvgIpc) is 2.25. The molecule has 1 saturated carbocycles. The molecular formula is C12H25NO. The highest BCUT2D eigenvalue weighted by Crippen LogP contribution is 2.20. The highest BCUT2D eigenvalue weighted by molar-refractivity contribution is 4.68. The first-order chi connectivity index (χ1) is 6.86. The minimum absolute atomic E-state index is 0.552. The van der Waals surface area contributed by atoms with E-state index in [1.165, 1.54) is 44.9 Å². The Morgan fingerprint density at radius 3 is 2.57 bits per heavy atom. The van der Waals surface area contributed by atoms with E-state index >= 15 is 0 Å². The van der Waals surface area contributed by atoms with Crippen LogP contribution in [0, 0.1) is 0 Å². The van der Waals surface area contributed by atoms with E-state index in [1.807, 2.05) is 7.05 Å². The first-order valence-electron chi connectivity index (χ1n) is 6.15. The van der Waals surface area contributed by atoms with Crippen LogP contribution in [-0.2, 0) is 4.74 Å². The van der Waals surface area contributed by atoms with Crippen molar-refractivity contribution in [2.75, 3.05) is 13.7 Å². The van der Waals surface area contributed by atoms with Crippen molar-refractivity contribution in [2.45, 2.75) is 64.0 Å². The summed E-state index contributed by atoms with van der Waals surface area (Å²) < 4.78 is 5.93. The zero-order valence-corrected chi connectivity index (χ0v) is 9.72. The third kappa shape index (κ3) is 4.43. The summed E-state index contributed by atoms with van der Waals surface area (Å²) in [4.78, 5) is 0. The minimum atomic E-state index is 0.552. The first kappa shape index (κ1) is 12.0. The Morgan fingerprint density at radius 1 is 1.29 bits per heavy atom. The van der Waals surface area contributed by atoms with Gasteiger partial charge in [0, 0.05) is 6.04 Å². The molecule has 0 heterocycles. The summed E-state index contributed by atoms with van der Waals surface area (Å²) in [5.74, 6) is 0. The lowest BCUT2D eigenvalue weighted by atomic mass is 9.98. The lowest BCUT2D eigenvalue weighted by Gasteiger charge is -2.24. The van der Waals surface area contributed by atoms with Gasteiger partial charge in [0.15, 0.2) is 0 Å². The minimum Gasteiger partial charge on any atom is -0.377 e. The van der Waals surface area contributed by atoms with Crippen molar-refractivity contribution in [3.8, 4) is 0 Å². The molecule has 1 atom stereocenters. The quantitative estimate of drug-likeness (QED) is 0.710. The van der Waals surface area contributed by atoms with E-state index < -0.39 is 0 Å². The molecule has 1 rings (SSSR count). The Morgan fingerprint density at radius 2 is 2.00 bits per heavy atom. The Bertz CT molecular complexity index is 128. The highest BCUT2D eigenvalue weighted by atomic mass is 16.5. The SMILES string of the molecule is CCCC(COC1CCCCC1)NC. The van der Waals surface area contributed by atoms with Crippen LogP contribution >= 0.6 is 0 Å². The van der Waals surface area contributed by atoms with Crippen molar-refractivity contribution in [1.82, 2.24) is 5.32 Å². The highest BCUT2D eigenvalue weighted by Gasteiger charge is 2.15. The lowest BCUT2D eigenvalue weighted by molar-refractivity contribution is 0.0157.